The molecule has 5 heteroatoms. The van der Waals surface area contributed by atoms with E-state index in [9.17, 15) is 9.90 Å². The van der Waals surface area contributed by atoms with Crippen LogP contribution in [0.5, 0.6) is 0 Å². The first-order valence-corrected chi connectivity index (χ1v) is 10.2. The maximum absolute atomic E-state index is 11.8. The summed E-state index contributed by atoms with van der Waals surface area (Å²) < 4.78 is 2.21. The number of rotatable bonds is 2. The topological polar surface area (TPSA) is 77.5 Å². The average Bonchev–Trinajstić information content (AvgIpc) is 3.29. The zero-order valence-corrected chi connectivity index (χ0v) is 16.6. The first kappa shape index (κ1) is 17.3. The number of aromatic amines is 1. The van der Waals surface area contributed by atoms with Crippen molar-refractivity contribution in [2.45, 2.75) is 18.5 Å². The van der Waals surface area contributed by atoms with Crippen molar-refractivity contribution in [3.63, 3.8) is 0 Å². The lowest BCUT2D eigenvalue weighted by Gasteiger charge is -2.29. The SMILES string of the molecule is Cn1c2ccccc2c2cc([C@H]3[NH2+][C@@H](C(=O)[O-])Cc4c3[nH]c3ccccc43)ccc21. The van der Waals surface area contributed by atoms with Gasteiger partial charge >= 0.3 is 0 Å². The zero-order valence-electron chi connectivity index (χ0n) is 16.6. The molecule has 3 N–H and O–H groups in total. The number of aryl methyl sites for hydroxylation is 1. The predicted octanol–water partition coefficient (Wildman–Crippen LogP) is 2.14. The second-order valence-electron chi connectivity index (χ2n) is 8.22. The van der Waals surface area contributed by atoms with Crippen molar-refractivity contribution in [1.29, 1.82) is 0 Å². The molecule has 1 aliphatic rings. The van der Waals surface area contributed by atoms with Crippen LogP contribution in [-0.4, -0.2) is 21.6 Å². The van der Waals surface area contributed by atoms with Gasteiger partial charge in [0.1, 0.15) is 6.04 Å². The van der Waals surface area contributed by atoms with Crippen LogP contribution in [0.4, 0.5) is 0 Å². The third kappa shape index (κ3) is 2.36. The highest BCUT2D eigenvalue weighted by molar-refractivity contribution is 6.08. The molecule has 1 aliphatic heterocycles. The van der Waals surface area contributed by atoms with Crippen molar-refractivity contribution in [3.05, 3.63) is 83.6 Å². The van der Waals surface area contributed by atoms with E-state index in [-0.39, 0.29) is 6.04 Å². The molecule has 0 saturated carbocycles. The Labute approximate surface area is 172 Å². The summed E-state index contributed by atoms with van der Waals surface area (Å²) in [5, 5.41) is 17.3. The van der Waals surface area contributed by atoms with Crippen LogP contribution in [-0.2, 0) is 18.3 Å². The minimum Gasteiger partial charge on any atom is -0.544 e. The van der Waals surface area contributed by atoms with E-state index < -0.39 is 12.0 Å². The Balaban J connectivity index is 1.58. The number of fused-ring (bicyclic) bond motifs is 6. The quantitative estimate of drug-likeness (QED) is 0.480. The van der Waals surface area contributed by atoms with E-state index in [2.05, 4.69) is 65.1 Å². The van der Waals surface area contributed by atoms with E-state index in [0.717, 1.165) is 27.7 Å². The van der Waals surface area contributed by atoms with Gasteiger partial charge in [-0.05, 0) is 29.8 Å². The van der Waals surface area contributed by atoms with E-state index in [0.29, 0.717) is 6.42 Å². The molecular weight excluding hydrogens is 374 g/mol. The first-order valence-electron chi connectivity index (χ1n) is 10.2. The number of carboxylic acid groups (broad SMARTS) is 1. The fourth-order valence-corrected chi connectivity index (χ4v) is 5.14. The molecule has 5 aromatic rings. The van der Waals surface area contributed by atoms with Gasteiger partial charge in [-0.25, -0.2) is 0 Å². The number of nitrogens with zero attached hydrogens (tertiary/aromatic N) is 1. The van der Waals surface area contributed by atoms with Crippen LogP contribution >= 0.6 is 0 Å². The summed E-state index contributed by atoms with van der Waals surface area (Å²) >= 11 is 0. The highest BCUT2D eigenvalue weighted by Gasteiger charge is 2.35. The Bertz CT molecular complexity index is 1460. The number of nitrogens with two attached hydrogens (primary N) is 1. The average molecular weight is 395 g/mol. The molecule has 0 bridgehead atoms. The molecule has 30 heavy (non-hydrogen) atoms. The maximum Gasteiger partial charge on any atom is 0.153 e. The smallest absolute Gasteiger partial charge is 0.153 e. The normalized spacial score (nSPS) is 18.8. The third-order valence-corrected chi connectivity index (χ3v) is 6.61. The molecule has 3 heterocycles. The molecule has 5 nitrogen and oxygen atoms in total. The summed E-state index contributed by atoms with van der Waals surface area (Å²) in [7, 11) is 2.08. The Morgan fingerprint density at radius 3 is 2.57 bits per heavy atom. The number of carboxylic acids is 1. The summed E-state index contributed by atoms with van der Waals surface area (Å²) in [6, 6.07) is 22.2. The van der Waals surface area contributed by atoms with Gasteiger partial charge in [0.05, 0.1) is 11.7 Å². The van der Waals surface area contributed by atoms with E-state index in [1.165, 1.54) is 21.8 Å². The Morgan fingerprint density at radius 1 is 1.00 bits per heavy atom. The maximum atomic E-state index is 11.8. The number of carbonyl (C=O) groups excluding carboxylic acids is 1. The predicted molar refractivity (Wildman–Crippen MR) is 115 cm³/mol. The Morgan fingerprint density at radius 2 is 1.73 bits per heavy atom. The molecule has 2 aromatic heterocycles. The van der Waals surface area contributed by atoms with E-state index in [1.807, 2.05) is 23.5 Å². The number of benzene rings is 3. The number of nitrogens with one attached hydrogen (secondary N) is 1. The molecule has 2 atom stereocenters. The van der Waals surface area contributed by atoms with Gasteiger partial charge in [0.2, 0.25) is 0 Å². The minimum absolute atomic E-state index is 0.118. The minimum atomic E-state index is -1.01. The van der Waals surface area contributed by atoms with Crippen LogP contribution in [0.25, 0.3) is 32.7 Å². The molecule has 6 rings (SSSR count). The number of H-pyrrole nitrogens is 1. The van der Waals surface area contributed by atoms with Crippen molar-refractivity contribution in [2.75, 3.05) is 0 Å². The molecule has 0 fully saturated rings. The van der Waals surface area contributed by atoms with Gasteiger partial charge in [0.15, 0.2) is 6.04 Å². The van der Waals surface area contributed by atoms with Crippen LogP contribution in [0.3, 0.4) is 0 Å². The lowest BCUT2D eigenvalue weighted by Crippen LogP contribution is -2.95. The molecule has 0 spiro atoms. The van der Waals surface area contributed by atoms with Gasteiger partial charge in [0.25, 0.3) is 0 Å². The summed E-state index contributed by atoms with van der Waals surface area (Å²) in [4.78, 5) is 15.4. The highest BCUT2D eigenvalue weighted by Crippen LogP contribution is 2.35. The molecule has 148 valence electrons. The molecule has 0 amide bonds. The van der Waals surface area contributed by atoms with E-state index >= 15 is 0 Å². The number of quaternary nitrogens is 1. The van der Waals surface area contributed by atoms with Crippen LogP contribution in [0.2, 0.25) is 0 Å². The lowest BCUT2D eigenvalue weighted by molar-refractivity contribution is -0.717. The summed E-state index contributed by atoms with van der Waals surface area (Å²) in [6.07, 6.45) is 0.467. The largest absolute Gasteiger partial charge is 0.544 e. The molecule has 0 radical (unpaired) electrons. The number of aromatic nitrogens is 2. The van der Waals surface area contributed by atoms with Crippen molar-refractivity contribution < 1.29 is 15.2 Å². The van der Waals surface area contributed by atoms with E-state index in [4.69, 9.17) is 0 Å². The van der Waals surface area contributed by atoms with Crippen molar-refractivity contribution in [3.8, 4) is 0 Å². The van der Waals surface area contributed by atoms with Gasteiger partial charge in [-0.1, -0.05) is 42.5 Å². The van der Waals surface area contributed by atoms with Crippen molar-refractivity contribution in [2.24, 2.45) is 7.05 Å². The third-order valence-electron chi connectivity index (χ3n) is 6.61. The fourth-order valence-electron chi connectivity index (χ4n) is 5.14. The molecule has 0 saturated heterocycles. The summed E-state index contributed by atoms with van der Waals surface area (Å²) in [6.45, 7) is 0. The standard InChI is InChI=1S/C25H21N3O2/c1-28-21-9-5-3-7-16(21)17-12-14(10-11-22(17)28)23-24-18(13-20(27-23)25(29)30)15-6-2-4-8-19(15)26-24/h2-12,20,23,26-27H,13H2,1H3,(H,29,30)/t20-,23-/m1/s1. The summed E-state index contributed by atoms with van der Waals surface area (Å²) in [5.41, 5.74) is 6.68. The Kier molecular flexibility index (Phi) is 3.58. The molecule has 0 aliphatic carbocycles. The van der Waals surface area contributed by atoms with Gasteiger partial charge in [-0.15, -0.1) is 0 Å². The zero-order chi connectivity index (χ0) is 20.4. The lowest BCUT2D eigenvalue weighted by atomic mass is 9.90. The van der Waals surface area contributed by atoms with Gasteiger partial charge in [-0.2, -0.15) is 0 Å². The number of aliphatic carboxylic acids is 1. The van der Waals surface area contributed by atoms with Gasteiger partial charge in [-0.3, -0.25) is 0 Å². The number of carbonyl (C=O) groups is 1. The van der Waals surface area contributed by atoms with Crippen LogP contribution in [0.15, 0.2) is 66.7 Å². The van der Waals surface area contributed by atoms with Crippen molar-refractivity contribution >= 4 is 38.7 Å². The second kappa shape index (κ2) is 6.21. The molecular formula is C25H21N3O2. The number of hydrogen-bond donors (Lipinski definition) is 2. The fraction of sp³-hybridized carbons (Fsp3) is 0.160. The molecule has 3 aromatic carbocycles. The highest BCUT2D eigenvalue weighted by atomic mass is 16.4. The van der Waals surface area contributed by atoms with Crippen LogP contribution < -0.4 is 10.4 Å². The van der Waals surface area contributed by atoms with Crippen LogP contribution in [0.1, 0.15) is 22.9 Å². The number of para-hydroxylation sites is 2. The molecule has 0 unspecified atom stereocenters. The van der Waals surface area contributed by atoms with E-state index in [1.54, 1.807) is 0 Å². The summed E-state index contributed by atoms with van der Waals surface area (Å²) in [5.74, 6) is -1.01. The van der Waals surface area contributed by atoms with Gasteiger partial charge in [0, 0.05) is 51.7 Å². The van der Waals surface area contributed by atoms with Gasteiger partial charge < -0.3 is 24.8 Å². The first-order chi connectivity index (χ1) is 14.6. The number of hydrogen-bond acceptors (Lipinski definition) is 2. The van der Waals surface area contributed by atoms with Crippen LogP contribution in [0, 0.1) is 0 Å². The Hall–Kier alpha value is -3.57. The second-order valence-corrected chi connectivity index (χ2v) is 8.22. The van der Waals surface area contributed by atoms with Crippen molar-refractivity contribution in [1.82, 2.24) is 9.55 Å². The monoisotopic (exact) mass is 395 g/mol.